The lowest BCUT2D eigenvalue weighted by atomic mass is 10.2. The van der Waals surface area contributed by atoms with E-state index in [4.69, 9.17) is 5.11 Å². The van der Waals surface area contributed by atoms with Crippen LogP contribution in [0.5, 0.6) is 5.75 Å². The first kappa shape index (κ1) is 18.1. The number of rotatable bonds is 4. The van der Waals surface area contributed by atoms with Gasteiger partial charge < -0.3 is 24.2 Å². The maximum atomic E-state index is 10.6. The molecule has 1 rings (SSSR count). The van der Waals surface area contributed by atoms with Crippen LogP contribution in [0.4, 0.5) is 0 Å². The van der Waals surface area contributed by atoms with Gasteiger partial charge in [-0.2, -0.15) is 0 Å². The molecule has 0 atom stereocenters. The van der Waals surface area contributed by atoms with Crippen LogP contribution in [-0.4, -0.2) is 55.8 Å². The fourth-order valence-corrected chi connectivity index (χ4v) is 1.18. The standard InChI is InChI=1S/C9H8O4.C5H14NO/c1-6(10)13-8-5-3-2-4-7(8)9(11)12;1-6(2,3)4-5-7/h2-5H,1H3,(H,11,12);7H,4-5H2,1-3H3/q;+1/p-1. The topological polar surface area (TPSA) is 86.7 Å². The third-order valence-electron chi connectivity index (χ3n) is 2.13. The summed E-state index contributed by atoms with van der Waals surface area (Å²) in [6, 6.07) is 5.81. The Morgan fingerprint density at radius 1 is 1.25 bits per heavy atom. The predicted molar refractivity (Wildman–Crippen MR) is 72.1 cm³/mol. The fourth-order valence-electron chi connectivity index (χ4n) is 1.18. The van der Waals surface area contributed by atoms with Crippen LogP contribution >= 0.6 is 0 Å². The molecule has 0 fully saturated rings. The molecule has 6 nitrogen and oxygen atoms in total. The fraction of sp³-hybridized carbons (Fsp3) is 0.429. The van der Waals surface area contributed by atoms with Crippen molar-refractivity contribution in [1.82, 2.24) is 0 Å². The molecule has 1 aromatic rings. The predicted octanol–water partition coefficient (Wildman–Crippen LogP) is -0.340. The Kier molecular flexibility index (Phi) is 7.49. The highest BCUT2D eigenvalue weighted by Gasteiger charge is 2.05. The monoisotopic (exact) mass is 283 g/mol. The number of quaternary nitrogens is 1. The van der Waals surface area contributed by atoms with Crippen LogP contribution in [0, 0.1) is 0 Å². The highest BCUT2D eigenvalue weighted by molar-refractivity contribution is 5.90. The lowest BCUT2D eigenvalue weighted by Crippen LogP contribution is -2.36. The van der Waals surface area contributed by atoms with Crippen molar-refractivity contribution < 1.29 is 29.0 Å². The average molecular weight is 283 g/mol. The van der Waals surface area contributed by atoms with Crippen molar-refractivity contribution in [3.05, 3.63) is 29.8 Å². The van der Waals surface area contributed by atoms with Crippen molar-refractivity contribution in [3.8, 4) is 5.75 Å². The highest BCUT2D eigenvalue weighted by Crippen LogP contribution is 2.16. The van der Waals surface area contributed by atoms with E-state index in [9.17, 15) is 14.7 Å². The number of hydrogen-bond acceptors (Lipinski definition) is 5. The number of aliphatic hydroxyl groups is 1. The second kappa shape index (κ2) is 8.29. The molecule has 0 bridgehead atoms. The summed E-state index contributed by atoms with van der Waals surface area (Å²) in [5.74, 6) is -1.92. The van der Waals surface area contributed by atoms with Gasteiger partial charge in [0.1, 0.15) is 12.3 Å². The van der Waals surface area contributed by atoms with Crippen molar-refractivity contribution in [2.24, 2.45) is 0 Å². The SMILES string of the molecule is CC(=O)Oc1ccccc1C(=O)[O-].C[N+](C)(C)CCO. The first-order chi connectivity index (χ1) is 9.17. The number of carboxylic acids is 1. The number of hydrogen-bond donors (Lipinski definition) is 1. The molecule has 0 aromatic heterocycles. The first-order valence-electron chi connectivity index (χ1n) is 6.07. The summed E-state index contributed by atoms with van der Waals surface area (Å²) in [6.07, 6.45) is 0. The molecule has 0 aliphatic carbocycles. The van der Waals surface area contributed by atoms with Gasteiger partial charge in [0.2, 0.25) is 0 Å². The number of likely N-dealkylation sites (N-methyl/N-ethyl adjacent to an activating group) is 1. The Morgan fingerprint density at radius 3 is 2.15 bits per heavy atom. The third kappa shape index (κ3) is 8.23. The van der Waals surface area contributed by atoms with E-state index in [2.05, 4.69) is 25.9 Å². The molecular formula is C14H21NO5. The van der Waals surface area contributed by atoms with Gasteiger partial charge in [-0.15, -0.1) is 0 Å². The van der Waals surface area contributed by atoms with Gasteiger partial charge in [0.05, 0.1) is 33.7 Å². The number of carbonyl (C=O) groups is 2. The highest BCUT2D eigenvalue weighted by atomic mass is 16.5. The largest absolute Gasteiger partial charge is 0.545 e. The number of nitrogens with zero attached hydrogens (tertiary/aromatic N) is 1. The second-order valence-electron chi connectivity index (χ2n) is 5.11. The molecule has 20 heavy (non-hydrogen) atoms. The number of benzene rings is 1. The summed E-state index contributed by atoms with van der Waals surface area (Å²) in [7, 11) is 6.16. The molecule has 0 spiro atoms. The molecule has 0 saturated heterocycles. The number of aliphatic hydroxyl groups excluding tert-OH is 1. The van der Waals surface area contributed by atoms with Crippen LogP contribution in [0.2, 0.25) is 0 Å². The maximum absolute atomic E-state index is 10.6. The zero-order valence-corrected chi connectivity index (χ0v) is 12.3. The Bertz CT molecular complexity index is 451. The molecule has 0 aliphatic rings. The van der Waals surface area contributed by atoms with Gasteiger partial charge in [-0.05, 0) is 12.1 Å². The zero-order chi connectivity index (χ0) is 15.8. The molecule has 1 aromatic carbocycles. The van der Waals surface area contributed by atoms with E-state index in [0.29, 0.717) is 0 Å². The van der Waals surface area contributed by atoms with Gasteiger partial charge in [0.25, 0.3) is 0 Å². The molecule has 112 valence electrons. The van der Waals surface area contributed by atoms with Crippen LogP contribution in [0.1, 0.15) is 17.3 Å². The van der Waals surface area contributed by atoms with Crippen LogP contribution in [0.15, 0.2) is 24.3 Å². The normalized spacial score (nSPS) is 10.2. The number of para-hydroxylation sites is 1. The van der Waals surface area contributed by atoms with Crippen LogP contribution in [0.25, 0.3) is 0 Å². The number of carbonyl (C=O) groups excluding carboxylic acids is 2. The summed E-state index contributed by atoms with van der Waals surface area (Å²) >= 11 is 0. The van der Waals surface area contributed by atoms with Crippen molar-refractivity contribution in [2.75, 3.05) is 34.3 Å². The van der Waals surface area contributed by atoms with E-state index in [1.54, 1.807) is 6.07 Å². The number of aromatic carboxylic acids is 1. The minimum absolute atomic E-state index is 0.00926. The van der Waals surface area contributed by atoms with Gasteiger partial charge in [0, 0.05) is 12.5 Å². The van der Waals surface area contributed by atoms with Gasteiger partial charge in [-0.1, -0.05) is 12.1 Å². The Labute approximate surface area is 118 Å². The minimum Gasteiger partial charge on any atom is -0.545 e. The van der Waals surface area contributed by atoms with Crippen molar-refractivity contribution in [2.45, 2.75) is 6.92 Å². The van der Waals surface area contributed by atoms with Crippen molar-refractivity contribution in [1.29, 1.82) is 0 Å². The van der Waals surface area contributed by atoms with E-state index in [0.717, 1.165) is 11.0 Å². The Hall–Kier alpha value is -1.92. The van der Waals surface area contributed by atoms with E-state index in [1.807, 2.05) is 0 Å². The van der Waals surface area contributed by atoms with Crippen LogP contribution in [-0.2, 0) is 4.79 Å². The molecular weight excluding hydrogens is 262 g/mol. The van der Waals surface area contributed by atoms with E-state index in [-0.39, 0.29) is 17.9 Å². The number of esters is 1. The molecule has 6 heteroatoms. The smallest absolute Gasteiger partial charge is 0.308 e. The van der Waals surface area contributed by atoms with Crippen molar-refractivity contribution in [3.63, 3.8) is 0 Å². The quantitative estimate of drug-likeness (QED) is 0.464. The van der Waals surface area contributed by atoms with Crippen LogP contribution in [0.3, 0.4) is 0 Å². The number of carboxylic acid groups (broad SMARTS) is 1. The van der Waals surface area contributed by atoms with Crippen LogP contribution < -0.4 is 9.84 Å². The molecule has 1 N–H and O–H groups in total. The minimum atomic E-state index is -1.36. The molecule has 0 heterocycles. The Morgan fingerprint density at radius 2 is 1.80 bits per heavy atom. The molecule has 0 unspecified atom stereocenters. The average Bonchev–Trinajstić information content (AvgIpc) is 2.27. The summed E-state index contributed by atoms with van der Waals surface area (Å²) in [4.78, 5) is 21.1. The molecule has 0 radical (unpaired) electrons. The zero-order valence-electron chi connectivity index (χ0n) is 12.3. The van der Waals surface area contributed by atoms with Crippen molar-refractivity contribution >= 4 is 11.9 Å². The molecule has 0 saturated carbocycles. The summed E-state index contributed by atoms with van der Waals surface area (Å²) in [5, 5.41) is 18.9. The first-order valence-corrected chi connectivity index (χ1v) is 6.07. The van der Waals surface area contributed by atoms with Gasteiger partial charge in [-0.25, -0.2) is 0 Å². The maximum Gasteiger partial charge on any atom is 0.308 e. The lowest BCUT2D eigenvalue weighted by molar-refractivity contribution is -0.870. The Balaban J connectivity index is 0.000000441. The van der Waals surface area contributed by atoms with E-state index < -0.39 is 11.9 Å². The van der Waals surface area contributed by atoms with E-state index in [1.165, 1.54) is 25.1 Å². The van der Waals surface area contributed by atoms with E-state index >= 15 is 0 Å². The van der Waals surface area contributed by atoms with Gasteiger partial charge >= 0.3 is 5.97 Å². The summed E-state index contributed by atoms with van der Waals surface area (Å²) < 4.78 is 5.49. The summed E-state index contributed by atoms with van der Waals surface area (Å²) in [6.45, 7) is 2.32. The third-order valence-corrected chi connectivity index (χ3v) is 2.13. The van der Waals surface area contributed by atoms with Gasteiger partial charge in [0.15, 0.2) is 0 Å². The summed E-state index contributed by atoms with van der Waals surface area (Å²) in [5.41, 5.74) is -0.127. The molecule has 0 aliphatic heterocycles. The second-order valence-corrected chi connectivity index (χ2v) is 5.11. The molecule has 0 amide bonds. The van der Waals surface area contributed by atoms with Gasteiger partial charge in [-0.3, -0.25) is 4.79 Å². The lowest BCUT2D eigenvalue weighted by Gasteiger charge is -2.21. The number of ether oxygens (including phenoxy) is 1.